The van der Waals surface area contributed by atoms with E-state index in [0.29, 0.717) is 6.54 Å². The van der Waals surface area contributed by atoms with Gasteiger partial charge in [0.05, 0.1) is 23.8 Å². The lowest BCUT2D eigenvalue weighted by Gasteiger charge is -2.18. The van der Waals surface area contributed by atoms with Crippen molar-refractivity contribution in [1.82, 2.24) is 19.9 Å². The van der Waals surface area contributed by atoms with Crippen molar-refractivity contribution in [2.45, 2.75) is 20.4 Å². The lowest BCUT2D eigenvalue weighted by molar-refractivity contribution is 0.841. The Labute approximate surface area is 150 Å². The topological polar surface area (TPSA) is 57.7 Å². The standard InChI is InChI=1S/C19H19N5S/c1-12-11-25-19-17(12)18(21-13(2)22-19)24(3)10-16-20-9-15(23-16)14-7-5-4-6-8-14/h4-9,11H,10H2,1-3H3,(H,20,23). The summed E-state index contributed by atoms with van der Waals surface area (Å²) in [6.45, 7) is 4.70. The van der Waals surface area contributed by atoms with Crippen molar-refractivity contribution < 1.29 is 0 Å². The second-order valence-corrected chi connectivity index (χ2v) is 7.02. The van der Waals surface area contributed by atoms with Gasteiger partial charge in [-0.05, 0) is 30.4 Å². The molecule has 0 aliphatic carbocycles. The van der Waals surface area contributed by atoms with E-state index in [4.69, 9.17) is 0 Å². The van der Waals surface area contributed by atoms with Gasteiger partial charge in [-0.25, -0.2) is 15.0 Å². The zero-order valence-corrected chi connectivity index (χ0v) is 15.3. The van der Waals surface area contributed by atoms with Crippen LogP contribution in [0.5, 0.6) is 0 Å². The van der Waals surface area contributed by atoms with Crippen molar-refractivity contribution >= 4 is 27.4 Å². The second kappa shape index (κ2) is 6.29. The Morgan fingerprint density at radius 3 is 2.72 bits per heavy atom. The van der Waals surface area contributed by atoms with Gasteiger partial charge in [-0.3, -0.25) is 0 Å². The van der Waals surface area contributed by atoms with Crippen LogP contribution in [-0.4, -0.2) is 27.0 Å². The molecule has 0 aliphatic rings. The van der Waals surface area contributed by atoms with Gasteiger partial charge in [-0.15, -0.1) is 11.3 Å². The van der Waals surface area contributed by atoms with Crippen LogP contribution in [0.2, 0.25) is 0 Å². The molecule has 4 aromatic rings. The number of aromatic nitrogens is 4. The van der Waals surface area contributed by atoms with E-state index in [1.807, 2.05) is 38.4 Å². The summed E-state index contributed by atoms with van der Waals surface area (Å²) in [6, 6.07) is 10.2. The van der Waals surface area contributed by atoms with E-state index in [0.717, 1.165) is 38.9 Å². The van der Waals surface area contributed by atoms with Crippen LogP contribution in [0.4, 0.5) is 5.82 Å². The number of imidazole rings is 1. The van der Waals surface area contributed by atoms with E-state index in [9.17, 15) is 0 Å². The van der Waals surface area contributed by atoms with Crippen LogP contribution in [-0.2, 0) is 6.54 Å². The smallest absolute Gasteiger partial charge is 0.141 e. The number of anilines is 1. The van der Waals surface area contributed by atoms with Crippen LogP contribution >= 0.6 is 11.3 Å². The van der Waals surface area contributed by atoms with Crippen molar-refractivity contribution in [3.8, 4) is 11.3 Å². The SMILES string of the molecule is Cc1nc(N(C)Cc2ncc(-c3ccccc3)[nH]2)c2c(C)csc2n1. The maximum atomic E-state index is 4.68. The molecular weight excluding hydrogens is 330 g/mol. The Bertz CT molecular complexity index is 1020. The molecule has 3 aromatic heterocycles. The predicted molar refractivity (Wildman–Crippen MR) is 103 cm³/mol. The average molecular weight is 349 g/mol. The van der Waals surface area contributed by atoms with E-state index in [2.05, 4.69) is 49.3 Å². The molecule has 1 aromatic carbocycles. The first kappa shape index (κ1) is 15.8. The van der Waals surface area contributed by atoms with Crippen LogP contribution in [0, 0.1) is 13.8 Å². The largest absolute Gasteiger partial charge is 0.352 e. The van der Waals surface area contributed by atoms with Gasteiger partial charge in [0, 0.05) is 7.05 Å². The van der Waals surface area contributed by atoms with Gasteiger partial charge in [0.1, 0.15) is 22.3 Å². The summed E-state index contributed by atoms with van der Waals surface area (Å²) in [7, 11) is 2.04. The second-order valence-electron chi connectivity index (χ2n) is 6.16. The van der Waals surface area contributed by atoms with E-state index in [1.165, 1.54) is 5.56 Å². The van der Waals surface area contributed by atoms with Crippen molar-refractivity contribution in [2.75, 3.05) is 11.9 Å². The summed E-state index contributed by atoms with van der Waals surface area (Å²) in [5.41, 5.74) is 3.38. The molecule has 6 heteroatoms. The van der Waals surface area contributed by atoms with Gasteiger partial charge in [0.15, 0.2) is 0 Å². The van der Waals surface area contributed by atoms with Crippen LogP contribution in [0.15, 0.2) is 41.9 Å². The molecule has 0 saturated heterocycles. The number of hydrogen-bond acceptors (Lipinski definition) is 5. The summed E-state index contributed by atoms with van der Waals surface area (Å²) in [5.74, 6) is 2.66. The molecule has 0 radical (unpaired) electrons. The van der Waals surface area contributed by atoms with Crippen LogP contribution < -0.4 is 4.90 Å². The maximum Gasteiger partial charge on any atom is 0.141 e. The van der Waals surface area contributed by atoms with Gasteiger partial charge >= 0.3 is 0 Å². The van der Waals surface area contributed by atoms with Gasteiger partial charge in [0.25, 0.3) is 0 Å². The maximum absolute atomic E-state index is 4.68. The number of hydrogen-bond donors (Lipinski definition) is 1. The number of aromatic amines is 1. The highest BCUT2D eigenvalue weighted by Crippen LogP contribution is 2.31. The molecule has 0 fully saturated rings. The average Bonchev–Trinajstić information content (AvgIpc) is 3.22. The highest BCUT2D eigenvalue weighted by atomic mass is 32.1. The van der Waals surface area contributed by atoms with Gasteiger partial charge in [-0.1, -0.05) is 30.3 Å². The molecule has 4 rings (SSSR count). The zero-order chi connectivity index (χ0) is 17.4. The number of thiophene rings is 1. The Morgan fingerprint density at radius 1 is 1.12 bits per heavy atom. The van der Waals surface area contributed by atoms with E-state index < -0.39 is 0 Å². The summed E-state index contributed by atoms with van der Waals surface area (Å²) in [4.78, 5) is 20.3. The first-order valence-corrected chi connectivity index (χ1v) is 9.02. The number of nitrogens with one attached hydrogen (secondary N) is 1. The zero-order valence-electron chi connectivity index (χ0n) is 14.4. The number of benzene rings is 1. The Kier molecular flexibility index (Phi) is 3.97. The van der Waals surface area contributed by atoms with Crippen molar-refractivity contribution in [2.24, 2.45) is 0 Å². The van der Waals surface area contributed by atoms with E-state index in [1.54, 1.807) is 11.3 Å². The minimum absolute atomic E-state index is 0.660. The van der Waals surface area contributed by atoms with Gasteiger partial charge < -0.3 is 9.88 Å². The molecule has 126 valence electrons. The molecule has 0 amide bonds. The Morgan fingerprint density at radius 2 is 1.92 bits per heavy atom. The minimum Gasteiger partial charge on any atom is -0.352 e. The summed E-state index contributed by atoms with van der Waals surface area (Å²) in [6.07, 6.45) is 1.88. The van der Waals surface area contributed by atoms with Crippen molar-refractivity contribution in [3.05, 3.63) is 59.1 Å². The summed E-state index contributed by atoms with van der Waals surface area (Å²) < 4.78 is 0. The molecule has 0 bridgehead atoms. The molecule has 0 saturated carbocycles. The fourth-order valence-electron chi connectivity index (χ4n) is 2.95. The molecule has 0 aliphatic heterocycles. The number of nitrogens with zero attached hydrogens (tertiary/aromatic N) is 4. The molecule has 3 heterocycles. The van der Waals surface area contributed by atoms with Crippen molar-refractivity contribution in [3.63, 3.8) is 0 Å². The fourth-order valence-corrected chi connectivity index (χ4v) is 3.91. The highest BCUT2D eigenvalue weighted by Gasteiger charge is 2.15. The molecule has 0 unspecified atom stereocenters. The molecule has 25 heavy (non-hydrogen) atoms. The lowest BCUT2D eigenvalue weighted by Crippen LogP contribution is -2.19. The third kappa shape index (κ3) is 3.00. The molecule has 0 spiro atoms. The third-order valence-corrected chi connectivity index (χ3v) is 5.16. The Hall–Kier alpha value is -2.73. The van der Waals surface area contributed by atoms with Crippen molar-refractivity contribution in [1.29, 1.82) is 0 Å². The number of fused-ring (bicyclic) bond motifs is 1. The van der Waals surface area contributed by atoms with Crippen LogP contribution in [0.1, 0.15) is 17.2 Å². The number of aryl methyl sites for hydroxylation is 2. The molecule has 1 N–H and O–H groups in total. The summed E-state index contributed by atoms with van der Waals surface area (Å²) >= 11 is 1.67. The van der Waals surface area contributed by atoms with Crippen LogP contribution in [0.3, 0.4) is 0 Å². The Balaban J connectivity index is 1.64. The molecule has 5 nitrogen and oxygen atoms in total. The highest BCUT2D eigenvalue weighted by molar-refractivity contribution is 7.17. The number of rotatable bonds is 4. The minimum atomic E-state index is 0.660. The normalized spacial score (nSPS) is 11.2. The monoisotopic (exact) mass is 349 g/mol. The van der Waals surface area contributed by atoms with Gasteiger partial charge in [-0.2, -0.15) is 0 Å². The lowest BCUT2D eigenvalue weighted by atomic mass is 10.2. The first-order chi connectivity index (χ1) is 12.1. The number of H-pyrrole nitrogens is 1. The first-order valence-electron chi connectivity index (χ1n) is 8.14. The van der Waals surface area contributed by atoms with E-state index >= 15 is 0 Å². The van der Waals surface area contributed by atoms with Gasteiger partial charge in [0.2, 0.25) is 0 Å². The quantitative estimate of drug-likeness (QED) is 0.595. The molecular formula is C19H19N5S. The molecule has 0 atom stereocenters. The van der Waals surface area contributed by atoms with Crippen LogP contribution in [0.25, 0.3) is 21.5 Å². The third-order valence-electron chi connectivity index (χ3n) is 4.17. The fraction of sp³-hybridized carbons (Fsp3) is 0.211. The summed E-state index contributed by atoms with van der Waals surface area (Å²) in [5, 5.41) is 3.27. The van der Waals surface area contributed by atoms with E-state index in [-0.39, 0.29) is 0 Å². The predicted octanol–water partition coefficient (Wildman–Crippen LogP) is 4.33.